The number of hydrogen-bond acceptors (Lipinski definition) is 2. The Morgan fingerprint density at radius 1 is 1.18 bits per heavy atom. The molecule has 7 unspecified atom stereocenters. The summed E-state index contributed by atoms with van der Waals surface area (Å²) in [6, 6.07) is 9.17. The summed E-state index contributed by atoms with van der Waals surface area (Å²) >= 11 is 0. The number of amides is 1. The van der Waals surface area contributed by atoms with Gasteiger partial charge in [0.25, 0.3) is 0 Å². The van der Waals surface area contributed by atoms with Crippen molar-refractivity contribution in [1.82, 2.24) is 5.32 Å². The van der Waals surface area contributed by atoms with Crippen molar-refractivity contribution in [2.75, 3.05) is 0 Å². The molecular formula is C18H23ClN2O. The third-order valence-corrected chi connectivity index (χ3v) is 6.63. The first kappa shape index (κ1) is 14.5. The number of nitrogens with one attached hydrogen (secondary N) is 1. The van der Waals surface area contributed by atoms with Crippen molar-refractivity contribution in [1.29, 1.82) is 0 Å². The first-order chi connectivity index (χ1) is 10.2. The molecule has 4 aliphatic rings. The van der Waals surface area contributed by atoms with Gasteiger partial charge in [-0.2, -0.15) is 0 Å². The van der Waals surface area contributed by atoms with Crippen LogP contribution in [0.1, 0.15) is 36.3 Å². The highest BCUT2D eigenvalue weighted by Crippen LogP contribution is 2.56. The number of fused-ring (bicyclic) bond motifs is 5. The Morgan fingerprint density at radius 2 is 1.95 bits per heavy atom. The summed E-state index contributed by atoms with van der Waals surface area (Å²) in [4.78, 5) is 12.6. The van der Waals surface area contributed by atoms with Gasteiger partial charge >= 0.3 is 0 Å². The lowest BCUT2D eigenvalue weighted by Gasteiger charge is -2.27. The van der Waals surface area contributed by atoms with Gasteiger partial charge in [0.1, 0.15) is 0 Å². The number of benzene rings is 1. The molecule has 0 saturated heterocycles. The minimum absolute atomic E-state index is 0. The highest BCUT2D eigenvalue weighted by molar-refractivity contribution is 5.85. The number of rotatable bonds is 2. The number of carbonyl (C=O) groups excluding carboxylic acids is 1. The van der Waals surface area contributed by atoms with Crippen LogP contribution in [0.25, 0.3) is 0 Å². The summed E-state index contributed by atoms with van der Waals surface area (Å²) in [5, 5.41) is 3.34. The molecule has 1 amide bonds. The average molecular weight is 319 g/mol. The van der Waals surface area contributed by atoms with Crippen LogP contribution in [0.15, 0.2) is 24.3 Å². The maximum absolute atomic E-state index is 12.6. The molecule has 3 N–H and O–H groups in total. The van der Waals surface area contributed by atoms with Crippen LogP contribution in [-0.4, -0.2) is 18.0 Å². The van der Waals surface area contributed by atoms with E-state index in [2.05, 4.69) is 29.6 Å². The van der Waals surface area contributed by atoms with Crippen LogP contribution in [0.4, 0.5) is 0 Å². The average Bonchev–Trinajstić information content (AvgIpc) is 2.90. The normalized spacial score (nSPS) is 43.2. The minimum Gasteiger partial charge on any atom is -0.352 e. The van der Waals surface area contributed by atoms with Crippen LogP contribution in [0.2, 0.25) is 0 Å². The summed E-state index contributed by atoms with van der Waals surface area (Å²) in [5.41, 5.74) is 9.24. The number of nitrogens with two attached hydrogens (primary N) is 1. The zero-order valence-electron chi connectivity index (χ0n) is 12.6. The second-order valence-corrected chi connectivity index (χ2v) is 7.56. The Labute approximate surface area is 137 Å². The lowest BCUT2D eigenvalue weighted by atomic mass is 9.84. The van der Waals surface area contributed by atoms with Crippen molar-refractivity contribution in [3.63, 3.8) is 0 Å². The number of carbonyl (C=O) groups is 1. The summed E-state index contributed by atoms with van der Waals surface area (Å²) in [7, 11) is 0. The van der Waals surface area contributed by atoms with E-state index < -0.39 is 0 Å². The molecule has 118 valence electrons. The fourth-order valence-electron chi connectivity index (χ4n) is 5.53. The molecule has 0 heterocycles. The van der Waals surface area contributed by atoms with Crippen molar-refractivity contribution in [2.45, 2.75) is 43.7 Å². The number of hydrogen-bond donors (Lipinski definition) is 2. The number of halogens is 1. The largest absolute Gasteiger partial charge is 0.352 e. The molecule has 2 bridgehead atoms. The van der Waals surface area contributed by atoms with Gasteiger partial charge in [0, 0.05) is 18.0 Å². The van der Waals surface area contributed by atoms with Crippen molar-refractivity contribution < 1.29 is 4.79 Å². The maximum Gasteiger partial charge on any atom is 0.225 e. The second-order valence-electron chi connectivity index (χ2n) is 7.56. The molecule has 4 aliphatic carbocycles. The quantitative estimate of drug-likeness (QED) is 0.878. The van der Waals surface area contributed by atoms with E-state index >= 15 is 0 Å². The maximum atomic E-state index is 12.6. The van der Waals surface area contributed by atoms with Gasteiger partial charge in [-0.15, -0.1) is 12.4 Å². The lowest BCUT2D eigenvalue weighted by Crippen LogP contribution is -2.46. The van der Waals surface area contributed by atoms with Crippen LogP contribution < -0.4 is 11.1 Å². The predicted molar refractivity (Wildman–Crippen MR) is 87.9 cm³/mol. The van der Waals surface area contributed by atoms with Crippen molar-refractivity contribution in [3.05, 3.63) is 35.4 Å². The summed E-state index contributed by atoms with van der Waals surface area (Å²) in [6.45, 7) is 0. The van der Waals surface area contributed by atoms with Crippen LogP contribution in [0.5, 0.6) is 0 Å². The van der Waals surface area contributed by atoms with Crippen LogP contribution in [0.3, 0.4) is 0 Å². The van der Waals surface area contributed by atoms with E-state index in [4.69, 9.17) is 5.73 Å². The molecule has 1 aromatic rings. The molecular weight excluding hydrogens is 296 g/mol. The molecule has 22 heavy (non-hydrogen) atoms. The second kappa shape index (κ2) is 4.97. The highest BCUT2D eigenvalue weighted by Gasteiger charge is 2.57. The first-order valence-corrected chi connectivity index (χ1v) is 8.38. The first-order valence-electron chi connectivity index (χ1n) is 8.38. The SMILES string of the molecule is Cl.NC1C2CCC(C2)C1C(=O)NC1C2Cc3ccccc3C21. The Hall–Kier alpha value is -1.06. The Morgan fingerprint density at radius 3 is 2.73 bits per heavy atom. The molecule has 0 spiro atoms. The molecule has 4 heteroatoms. The van der Waals surface area contributed by atoms with Gasteiger partial charge < -0.3 is 11.1 Å². The van der Waals surface area contributed by atoms with E-state index in [1.54, 1.807) is 0 Å². The van der Waals surface area contributed by atoms with E-state index in [0.717, 1.165) is 6.42 Å². The van der Waals surface area contributed by atoms with E-state index in [1.165, 1.54) is 30.4 Å². The van der Waals surface area contributed by atoms with Gasteiger partial charge in [0.2, 0.25) is 5.91 Å². The molecule has 1 aromatic carbocycles. The summed E-state index contributed by atoms with van der Waals surface area (Å²) in [5.74, 6) is 2.69. The van der Waals surface area contributed by atoms with Gasteiger partial charge in [-0.1, -0.05) is 24.3 Å². The van der Waals surface area contributed by atoms with Crippen molar-refractivity contribution in [3.8, 4) is 0 Å². The van der Waals surface area contributed by atoms with E-state index in [1.807, 2.05) is 0 Å². The fourth-order valence-corrected chi connectivity index (χ4v) is 5.53. The van der Waals surface area contributed by atoms with Gasteiger partial charge in [0.15, 0.2) is 0 Å². The van der Waals surface area contributed by atoms with E-state index in [-0.39, 0.29) is 30.3 Å². The monoisotopic (exact) mass is 318 g/mol. The lowest BCUT2D eigenvalue weighted by molar-refractivity contribution is -0.127. The Bertz CT molecular complexity index is 617. The Balaban J connectivity index is 0.00000125. The fraction of sp³-hybridized carbons (Fsp3) is 0.611. The third kappa shape index (κ3) is 1.88. The van der Waals surface area contributed by atoms with Gasteiger partial charge in [-0.25, -0.2) is 0 Å². The van der Waals surface area contributed by atoms with E-state index in [0.29, 0.717) is 29.7 Å². The van der Waals surface area contributed by atoms with Crippen LogP contribution >= 0.6 is 12.4 Å². The molecule has 0 aromatic heterocycles. The summed E-state index contributed by atoms with van der Waals surface area (Å²) in [6.07, 6.45) is 4.75. The van der Waals surface area contributed by atoms with Crippen molar-refractivity contribution >= 4 is 18.3 Å². The molecule has 5 rings (SSSR count). The molecule has 0 radical (unpaired) electrons. The zero-order chi connectivity index (χ0) is 14.1. The van der Waals surface area contributed by atoms with Crippen LogP contribution in [-0.2, 0) is 11.2 Å². The molecule has 3 fully saturated rings. The predicted octanol–water partition coefficient (Wildman–Crippen LogP) is 2.24. The van der Waals surface area contributed by atoms with Gasteiger partial charge in [-0.3, -0.25) is 4.79 Å². The van der Waals surface area contributed by atoms with Gasteiger partial charge in [-0.05, 0) is 54.6 Å². The minimum atomic E-state index is 0. The molecule has 3 saturated carbocycles. The molecule has 3 nitrogen and oxygen atoms in total. The van der Waals surface area contributed by atoms with Crippen LogP contribution in [0, 0.1) is 23.7 Å². The third-order valence-electron chi connectivity index (χ3n) is 6.63. The topological polar surface area (TPSA) is 55.1 Å². The highest BCUT2D eigenvalue weighted by atomic mass is 35.5. The Kier molecular flexibility index (Phi) is 3.28. The smallest absolute Gasteiger partial charge is 0.225 e. The van der Waals surface area contributed by atoms with E-state index in [9.17, 15) is 4.79 Å². The summed E-state index contributed by atoms with van der Waals surface area (Å²) < 4.78 is 0. The zero-order valence-corrected chi connectivity index (χ0v) is 13.4. The standard InChI is InChI=1S/C18H22N2O.ClH/c19-16-11-6-5-10(7-11)14(16)18(21)20-17-13-8-9-3-1-2-4-12(9)15(13)17;/h1-4,10-11,13-17H,5-8,19H2,(H,20,21);1H. The van der Waals surface area contributed by atoms with Crippen molar-refractivity contribution in [2.24, 2.45) is 29.4 Å². The van der Waals surface area contributed by atoms with Gasteiger partial charge in [0.05, 0.1) is 5.92 Å². The molecule has 0 aliphatic heterocycles. The molecule has 7 atom stereocenters.